The number of nitrogens with zero attached hydrogens (tertiary/aromatic N) is 1. The number of nitriles is 1. The van der Waals surface area contributed by atoms with E-state index in [2.05, 4.69) is 52.2 Å². The number of benzene rings is 4. The lowest BCUT2D eigenvalue weighted by Gasteiger charge is -2.11. The second-order valence-electron chi connectivity index (χ2n) is 7.61. The van der Waals surface area contributed by atoms with Crippen molar-refractivity contribution in [3.63, 3.8) is 0 Å². The first-order chi connectivity index (χ1) is 16.0. The third-order valence-electron chi connectivity index (χ3n) is 5.17. The number of aryl methyl sites for hydroxylation is 1. The molecule has 0 aliphatic carbocycles. The Morgan fingerprint density at radius 2 is 1.82 bits per heavy atom. The van der Waals surface area contributed by atoms with Gasteiger partial charge in [-0.2, -0.15) is 5.26 Å². The summed E-state index contributed by atoms with van der Waals surface area (Å²) in [6, 6.07) is 29.5. The molecular formula is C28H21IN2O2. The van der Waals surface area contributed by atoms with E-state index in [-0.39, 0.29) is 5.57 Å². The Bertz CT molecular complexity index is 1400. The molecule has 0 heterocycles. The highest BCUT2D eigenvalue weighted by atomic mass is 127. The zero-order chi connectivity index (χ0) is 23.2. The molecule has 33 heavy (non-hydrogen) atoms. The second-order valence-corrected chi connectivity index (χ2v) is 8.77. The lowest BCUT2D eigenvalue weighted by Crippen LogP contribution is -2.13. The number of carbonyl (C=O) groups excluding carboxylic acids is 1. The van der Waals surface area contributed by atoms with Crippen LogP contribution in [-0.4, -0.2) is 5.91 Å². The zero-order valence-corrected chi connectivity index (χ0v) is 20.2. The third-order valence-corrected chi connectivity index (χ3v) is 6.01. The molecule has 1 N–H and O–H groups in total. The molecule has 0 aromatic heterocycles. The average Bonchev–Trinajstić information content (AvgIpc) is 2.82. The Balaban J connectivity index is 1.48. The van der Waals surface area contributed by atoms with E-state index in [4.69, 9.17) is 4.74 Å². The number of fused-ring (bicyclic) bond motifs is 1. The van der Waals surface area contributed by atoms with Gasteiger partial charge in [0.25, 0.3) is 5.91 Å². The predicted molar refractivity (Wildman–Crippen MR) is 141 cm³/mol. The Hall–Kier alpha value is -3.63. The molecule has 0 aliphatic rings. The molecular weight excluding hydrogens is 523 g/mol. The molecule has 0 fully saturated rings. The van der Waals surface area contributed by atoms with Crippen molar-refractivity contribution in [3.05, 3.63) is 111 Å². The van der Waals surface area contributed by atoms with Gasteiger partial charge in [-0.05, 0) is 87.3 Å². The molecule has 1 amide bonds. The summed E-state index contributed by atoms with van der Waals surface area (Å²) in [5, 5.41) is 14.6. The molecule has 4 rings (SSSR count). The molecule has 4 aromatic rings. The van der Waals surface area contributed by atoms with Crippen LogP contribution in [-0.2, 0) is 11.4 Å². The Kier molecular flexibility index (Phi) is 7.06. The maximum atomic E-state index is 12.5. The molecule has 0 aliphatic heterocycles. The molecule has 5 heteroatoms. The van der Waals surface area contributed by atoms with Crippen molar-refractivity contribution in [2.45, 2.75) is 13.5 Å². The van der Waals surface area contributed by atoms with Gasteiger partial charge in [-0.25, -0.2) is 0 Å². The van der Waals surface area contributed by atoms with Crippen LogP contribution in [0.25, 0.3) is 16.8 Å². The number of hydrogen-bond donors (Lipinski definition) is 1. The summed E-state index contributed by atoms with van der Waals surface area (Å²) in [4.78, 5) is 12.5. The summed E-state index contributed by atoms with van der Waals surface area (Å²) in [6.45, 7) is 2.40. The number of halogens is 1. The summed E-state index contributed by atoms with van der Waals surface area (Å²) < 4.78 is 6.98. The molecule has 0 saturated heterocycles. The van der Waals surface area contributed by atoms with E-state index >= 15 is 0 Å². The van der Waals surface area contributed by atoms with Crippen molar-refractivity contribution >= 4 is 51.0 Å². The molecule has 0 bridgehead atoms. The van der Waals surface area contributed by atoms with Crippen LogP contribution in [0.5, 0.6) is 5.75 Å². The van der Waals surface area contributed by atoms with Gasteiger partial charge in [0.2, 0.25) is 0 Å². The van der Waals surface area contributed by atoms with E-state index < -0.39 is 5.91 Å². The lowest BCUT2D eigenvalue weighted by atomic mass is 10.1. The summed E-state index contributed by atoms with van der Waals surface area (Å²) in [7, 11) is 0. The summed E-state index contributed by atoms with van der Waals surface area (Å²) in [5.74, 6) is 0.317. The number of anilines is 1. The molecule has 4 aromatic carbocycles. The molecule has 0 spiro atoms. The van der Waals surface area contributed by atoms with Crippen LogP contribution >= 0.6 is 22.6 Å². The van der Waals surface area contributed by atoms with Crippen molar-refractivity contribution in [3.8, 4) is 11.8 Å². The highest BCUT2D eigenvalue weighted by Crippen LogP contribution is 2.26. The summed E-state index contributed by atoms with van der Waals surface area (Å²) in [5.41, 5.74) is 3.61. The maximum Gasteiger partial charge on any atom is 0.266 e. The molecule has 4 nitrogen and oxygen atoms in total. The van der Waals surface area contributed by atoms with Crippen LogP contribution in [0.2, 0.25) is 0 Å². The van der Waals surface area contributed by atoms with Crippen molar-refractivity contribution in [1.29, 1.82) is 5.26 Å². The number of carbonyl (C=O) groups is 1. The van der Waals surface area contributed by atoms with Gasteiger partial charge in [0.05, 0.1) is 3.57 Å². The van der Waals surface area contributed by atoms with E-state index in [1.54, 1.807) is 12.1 Å². The lowest BCUT2D eigenvalue weighted by molar-refractivity contribution is -0.112. The minimum absolute atomic E-state index is 0.0386. The van der Waals surface area contributed by atoms with E-state index in [0.29, 0.717) is 12.3 Å². The van der Waals surface area contributed by atoms with Crippen LogP contribution in [0.15, 0.2) is 90.5 Å². The fraction of sp³-hybridized carbons (Fsp3) is 0.0714. The van der Waals surface area contributed by atoms with Gasteiger partial charge in [0.1, 0.15) is 24.0 Å². The quantitative estimate of drug-likeness (QED) is 0.164. The number of hydrogen-bond acceptors (Lipinski definition) is 3. The maximum absolute atomic E-state index is 12.5. The van der Waals surface area contributed by atoms with Crippen LogP contribution in [0, 0.1) is 21.8 Å². The molecule has 162 valence electrons. The monoisotopic (exact) mass is 544 g/mol. The van der Waals surface area contributed by atoms with Gasteiger partial charge in [-0.15, -0.1) is 0 Å². The van der Waals surface area contributed by atoms with Crippen LogP contribution in [0.4, 0.5) is 5.69 Å². The third kappa shape index (κ3) is 5.60. The molecule has 0 saturated carbocycles. The van der Waals surface area contributed by atoms with E-state index in [0.717, 1.165) is 26.0 Å². The van der Waals surface area contributed by atoms with Crippen molar-refractivity contribution < 1.29 is 9.53 Å². The first kappa shape index (κ1) is 22.6. The van der Waals surface area contributed by atoms with E-state index in [1.165, 1.54) is 10.8 Å². The number of ether oxygens (including phenoxy) is 1. The van der Waals surface area contributed by atoms with Gasteiger partial charge >= 0.3 is 0 Å². The summed E-state index contributed by atoms with van der Waals surface area (Å²) in [6.07, 6.45) is 1.59. The van der Waals surface area contributed by atoms with Crippen LogP contribution in [0.3, 0.4) is 0 Å². The van der Waals surface area contributed by atoms with Crippen molar-refractivity contribution in [2.75, 3.05) is 5.32 Å². The fourth-order valence-electron chi connectivity index (χ4n) is 3.53. The second kappa shape index (κ2) is 10.3. The zero-order valence-electron chi connectivity index (χ0n) is 18.0. The Morgan fingerprint density at radius 1 is 1.03 bits per heavy atom. The first-order valence-corrected chi connectivity index (χ1v) is 11.5. The standard InChI is InChI=1S/C28H21IN2O2/c1-19-6-4-10-24(14-19)31-28(32)23(17-30)15-20-12-13-27(26(29)16-20)33-18-22-9-5-8-21-7-2-3-11-25(21)22/h2-16H,18H2,1H3,(H,31,32)/b23-15-. The number of nitrogens with one attached hydrogen (secondary N) is 1. The van der Waals surface area contributed by atoms with Crippen LogP contribution < -0.4 is 10.1 Å². The van der Waals surface area contributed by atoms with Gasteiger partial charge in [-0.1, -0.05) is 60.7 Å². The van der Waals surface area contributed by atoms with Gasteiger partial charge in [-0.3, -0.25) is 4.79 Å². The average molecular weight is 544 g/mol. The molecule has 0 atom stereocenters. The largest absolute Gasteiger partial charge is 0.488 e. The number of amides is 1. The summed E-state index contributed by atoms with van der Waals surface area (Å²) >= 11 is 2.21. The smallest absolute Gasteiger partial charge is 0.266 e. The van der Waals surface area contributed by atoms with Crippen molar-refractivity contribution in [2.24, 2.45) is 0 Å². The molecule has 0 unspecified atom stereocenters. The normalized spacial score (nSPS) is 11.1. The van der Waals surface area contributed by atoms with Gasteiger partial charge in [0.15, 0.2) is 0 Å². The topological polar surface area (TPSA) is 62.1 Å². The highest BCUT2D eigenvalue weighted by molar-refractivity contribution is 14.1. The minimum Gasteiger partial charge on any atom is -0.488 e. The SMILES string of the molecule is Cc1cccc(NC(=O)/C(C#N)=C\c2ccc(OCc3cccc4ccccc34)c(I)c2)c1. The first-order valence-electron chi connectivity index (χ1n) is 10.4. The fourth-order valence-corrected chi connectivity index (χ4v) is 4.23. The van der Waals surface area contributed by atoms with Crippen molar-refractivity contribution in [1.82, 2.24) is 0 Å². The molecule has 0 radical (unpaired) electrons. The highest BCUT2D eigenvalue weighted by Gasteiger charge is 2.11. The van der Waals surface area contributed by atoms with E-state index in [1.807, 2.05) is 67.6 Å². The Labute approximate surface area is 206 Å². The minimum atomic E-state index is -0.436. The van der Waals surface area contributed by atoms with Gasteiger partial charge < -0.3 is 10.1 Å². The predicted octanol–water partition coefficient (Wildman–Crippen LogP) is 6.88. The van der Waals surface area contributed by atoms with Crippen LogP contribution in [0.1, 0.15) is 16.7 Å². The van der Waals surface area contributed by atoms with Gasteiger partial charge in [0, 0.05) is 5.69 Å². The van der Waals surface area contributed by atoms with E-state index in [9.17, 15) is 10.1 Å². The number of rotatable bonds is 6. The Morgan fingerprint density at radius 3 is 2.61 bits per heavy atom.